The van der Waals surface area contributed by atoms with Crippen molar-refractivity contribution in [3.8, 4) is 0 Å². The first-order valence-electron chi connectivity index (χ1n) is 6.49. The number of nitrogens with zero attached hydrogens (tertiary/aromatic N) is 1. The number of anilines is 1. The Morgan fingerprint density at radius 1 is 1.45 bits per heavy atom. The molecule has 3 N–H and O–H groups in total. The van der Waals surface area contributed by atoms with Gasteiger partial charge in [-0.3, -0.25) is 9.59 Å². The van der Waals surface area contributed by atoms with Gasteiger partial charge in [-0.2, -0.15) is 0 Å². The topological polar surface area (TPSA) is 83.6 Å². The molecule has 1 fully saturated rings. The predicted octanol–water partition coefficient (Wildman–Crippen LogP) is 1.61. The maximum Gasteiger partial charge on any atom is 0.306 e. The summed E-state index contributed by atoms with van der Waals surface area (Å²) >= 11 is 0. The molecule has 0 aliphatic carbocycles. The van der Waals surface area contributed by atoms with Crippen LogP contribution in [0, 0.1) is 11.7 Å². The van der Waals surface area contributed by atoms with Crippen LogP contribution in [0.2, 0.25) is 0 Å². The van der Waals surface area contributed by atoms with Crippen LogP contribution in [0.5, 0.6) is 0 Å². The zero-order chi connectivity index (χ0) is 14.9. The number of piperidine rings is 1. The van der Waals surface area contributed by atoms with Crippen LogP contribution in [-0.2, 0) is 4.79 Å². The summed E-state index contributed by atoms with van der Waals surface area (Å²) in [5.74, 6) is -2.38. The Bertz CT molecular complexity index is 547. The number of carbonyl (C=O) groups excluding carboxylic acids is 1. The van der Waals surface area contributed by atoms with Crippen molar-refractivity contribution in [2.75, 3.05) is 11.4 Å². The van der Waals surface area contributed by atoms with E-state index in [2.05, 4.69) is 0 Å². The minimum Gasteiger partial charge on any atom is -0.481 e. The van der Waals surface area contributed by atoms with Gasteiger partial charge in [0.25, 0.3) is 5.91 Å². The second-order valence-electron chi connectivity index (χ2n) is 5.13. The first kappa shape index (κ1) is 14.3. The molecule has 0 spiro atoms. The van der Waals surface area contributed by atoms with Crippen molar-refractivity contribution in [1.29, 1.82) is 0 Å². The van der Waals surface area contributed by atoms with E-state index < -0.39 is 17.7 Å². The molecule has 1 aliphatic heterocycles. The molecule has 0 saturated carbocycles. The maximum atomic E-state index is 13.2. The van der Waals surface area contributed by atoms with E-state index in [1.807, 2.05) is 11.8 Å². The molecule has 1 amide bonds. The van der Waals surface area contributed by atoms with Gasteiger partial charge >= 0.3 is 5.97 Å². The number of carbonyl (C=O) groups is 2. The first-order chi connectivity index (χ1) is 9.40. The van der Waals surface area contributed by atoms with Crippen molar-refractivity contribution in [1.82, 2.24) is 0 Å². The summed E-state index contributed by atoms with van der Waals surface area (Å²) in [6.45, 7) is 2.40. The molecule has 1 heterocycles. The van der Waals surface area contributed by atoms with Crippen LogP contribution in [-0.4, -0.2) is 29.6 Å². The molecular weight excluding hydrogens is 263 g/mol. The van der Waals surface area contributed by atoms with E-state index in [1.54, 1.807) is 0 Å². The summed E-state index contributed by atoms with van der Waals surface area (Å²) in [5.41, 5.74) is 5.98. The van der Waals surface area contributed by atoms with Crippen molar-refractivity contribution in [3.05, 3.63) is 29.6 Å². The van der Waals surface area contributed by atoms with Gasteiger partial charge < -0.3 is 15.7 Å². The number of benzene rings is 1. The van der Waals surface area contributed by atoms with Gasteiger partial charge in [-0.1, -0.05) is 0 Å². The van der Waals surface area contributed by atoms with E-state index in [4.69, 9.17) is 10.8 Å². The van der Waals surface area contributed by atoms with E-state index in [-0.39, 0.29) is 17.5 Å². The molecule has 20 heavy (non-hydrogen) atoms. The zero-order valence-corrected chi connectivity index (χ0v) is 11.2. The molecule has 6 heteroatoms. The van der Waals surface area contributed by atoms with Crippen LogP contribution in [0.4, 0.5) is 10.1 Å². The Hall–Kier alpha value is -2.11. The highest BCUT2D eigenvalue weighted by atomic mass is 19.1. The SMILES string of the molecule is CC1CC(C(=O)O)CCN1c1ccc(F)cc1C(N)=O. The molecule has 108 valence electrons. The third-order valence-corrected chi connectivity index (χ3v) is 3.76. The summed E-state index contributed by atoms with van der Waals surface area (Å²) in [4.78, 5) is 24.4. The second kappa shape index (κ2) is 5.48. The number of hydrogen-bond donors (Lipinski definition) is 2. The lowest BCUT2D eigenvalue weighted by Gasteiger charge is -2.38. The number of primary amides is 1. The van der Waals surface area contributed by atoms with E-state index in [0.29, 0.717) is 25.1 Å². The van der Waals surface area contributed by atoms with E-state index >= 15 is 0 Å². The third kappa shape index (κ3) is 2.74. The summed E-state index contributed by atoms with van der Waals surface area (Å²) in [6, 6.07) is 3.87. The molecule has 0 aromatic heterocycles. The van der Waals surface area contributed by atoms with Crippen LogP contribution in [0.3, 0.4) is 0 Å². The molecule has 5 nitrogen and oxygen atoms in total. The second-order valence-corrected chi connectivity index (χ2v) is 5.13. The predicted molar refractivity (Wildman–Crippen MR) is 72.1 cm³/mol. The maximum absolute atomic E-state index is 13.2. The van der Waals surface area contributed by atoms with Crippen molar-refractivity contribution in [2.24, 2.45) is 11.7 Å². The van der Waals surface area contributed by atoms with Gasteiger partial charge in [0.15, 0.2) is 0 Å². The third-order valence-electron chi connectivity index (χ3n) is 3.76. The van der Waals surface area contributed by atoms with Gasteiger partial charge in [0.05, 0.1) is 11.5 Å². The van der Waals surface area contributed by atoms with Crippen molar-refractivity contribution >= 4 is 17.6 Å². The van der Waals surface area contributed by atoms with Crippen LogP contribution in [0.1, 0.15) is 30.1 Å². The van der Waals surface area contributed by atoms with E-state index in [9.17, 15) is 14.0 Å². The Morgan fingerprint density at radius 3 is 2.70 bits per heavy atom. The highest BCUT2D eigenvalue weighted by Crippen LogP contribution is 2.30. The highest BCUT2D eigenvalue weighted by molar-refractivity contribution is 5.98. The fourth-order valence-corrected chi connectivity index (χ4v) is 2.71. The normalized spacial score (nSPS) is 22.6. The molecule has 0 bridgehead atoms. The van der Waals surface area contributed by atoms with Gasteiger partial charge in [-0.05, 0) is 38.0 Å². The summed E-state index contributed by atoms with van der Waals surface area (Å²) < 4.78 is 13.2. The van der Waals surface area contributed by atoms with Crippen molar-refractivity contribution in [3.63, 3.8) is 0 Å². The van der Waals surface area contributed by atoms with Gasteiger partial charge in [0.1, 0.15) is 5.82 Å². The molecule has 2 atom stereocenters. The lowest BCUT2D eigenvalue weighted by atomic mass is 9.91. The Balaban J connectivity index is 2.29. The average molecular weight is 280 g/mol. The number of carboxylic acid groups (broad SMARTS) is 1. The number of amides is 1. The quantitative estimate of drug-likeness (QED) is 0.881. The Morgan fingerprint density at radius 2 is 2.15 bits per heavy atom. The van der Waals surface area contributed by atoms with Crippen LogP contribution in [0.15, 0.2) is 18.2 Å². The fraction of sp³-hybridized carbons (Fsp3) is 0.429. The number of halogens is 1. The molecule has 2 unspecified atom stereocenters. The molecular formula is C14H17FN2O3. The van der Waals surface area contributed by atoms with E-state index in [1.165, 1.54) is 12.1 Å². The zero-order valence-electron chi connectivity index (χ0n) is 11.2. The molecule has 1 aliphatic rings. The number of aliphatic carboxylic acids is 1. The van der Waals surface area contributed by atoms with Crippen LogP contribution < -0.4 is 10.6 Å². The van der Waals surface area contributed by atoms with E-state index in [0.717, 1.165) is 6.07 Å². The molecule has 1 saturated heterocycles. The monoisotopic (exact) mass is 280 g/mol. The molecule has 1 aromatic carbocycles. The van der Waals surface area contributed by atoms with Gasteiger partial charge in [-0.25, -0.2) is 4.39 Å². The standard InChI is InChI=1S/C14H17FN2O3/c1-8-6-9(14(19)20)4-5-17(8)12-3-2-10(15)7-11(12)13(16)18/h2-3,7-9H,4-6H2,1H3,(H2,16,18)(H,19,20). The summed E-state index contributed by atoms with van der Waals surface area (Å²) in [7, 11) is 0. The van der Waals surface area contributed by atoms with Crippen molar-refractivity contribution in [2.45, 2.75) is 25.8 Å². The number of nitrogens with two attached hydrogens (primary N) is 1. The van der Waals surface area contributed by atoms with Gasteiger partial charge in [0, 0.05) is 18.3 Å². The van der Waals surface area contributed by atoms with Crippen LogP contribution in [0.25, 0.3) is 0 Å². The minimum atomic E-state index is -0.800. The average Bonchev–Trinajstić information content (AvgIpc) is 2.38. The Kier molecular flexibility index (Phi) is 3.92. The largest absolute Gasteiger partial charge is 0.481 e. The highest BCUT2D eigenvalue weighted by Gasteiger charge is 2.31. The lowest BCUT2D eigenvalue weighted by molar-refractivity contribution is -0.142. The van der Waals surface area contributed by atoms with Gasteiger partial charge in [-0.15, -0.1) is 0 Å². The number of hydrogen-bond acceptors (Lipinski definition) is 3. The molecule has 0 radical (unpaired) electrons. The molecule has 2 rings (SSSR count). The van der Waals surface area contributed by atoms with Gasteiger partial charge in [0.2, 0.25) is 0 Å². The summed E-state index contributed by atoms with van der Waals surface area (Å²) in [6.07, 6.45) is 0.986. The number of rotatable bonds is 3. The molecule has 1 aromatic rings. The Labute approximate surface area is 116 Å². The number of carboxylic acids is 1. The van der Waals surface area contributed by atoms with Crippen LogP contribution >= 0.6 is 0 Å². The summed E-state index contributed by atoms with van der Waals surface area (Å²) in [5, 5.41) is 9.05. The fourth-order valence-electron chi connectivity index (χ4n) is 2.71. The minimum absolute atomic E-state index is 0.0478. The smallest absolute Gasteiger partial charge is 0.306 e. The lowest BCUT2D eigenvalue weighted by Crippen LogP contribution is -2.43. The first-order valence-corrected chi connectivity index (χ1v) is 6.49. The van der Waals surface area contributed by atoms with Crippen molar-refractivity contribution < 1.29 is 19.1 Å².